The molecule has 0 bridgehead atoms. The molecule has 0 aliphatic carbocycles. The number of hydrogen-bond donors (Lipinski definition) is 4. The Balaban J connectivity index is 4.14. The molecule has 0 rings (SSSR count). The van der Waals surface area contributed by atoms with E-state index in [1.807, 2.05) is 0 Å². The standard InChI is InChI=1S/C11H18N2O5S/c1-2-5-19-6-8(11(17)18)13-9(14)4-3-7(12)10(15)16/h2,7-8H,1,3-6,12H2,(H,13,14)(H,15,16)(H,17,18)/t7-,8-/m0/s1/i1D. The third kappa shape index (κ3) is 8.22. The Hall–Kier alpha value is -1.54. The molecule has 108 valence electrons. The maximum atomic E-state index is 11.5. The molecule has 0 saturated carbocycles. The van der Waals surface area contributed by atoms with Crippen molar-refractivity contribution < 1.29 is 26.0 Å². The molecule has 0 aromatic carbocycles. The van der Waals surface area contributed by atoms with Gasteiger partial charge in [0, 0.05) is 17.9 Å². The van der Waals surface area contributed by atoms with Crippen LogP contribution in [0.4, 0.5) is 0 Å². The summed E-state index contributed by atoms with van der Waals surface area (Å²) in [6.45, 7) is 1.11. The second-order valence-corrected chi connectivity index (χ2v) is 4.79. The molecule has 0 saturated heterocycles. The van der Waals surface area contributed by atoms with Gasteiger partial charge in [0.1, 0.15) is 12.1 Å². The number of hydrogen-bond acceptors (Lipinski definition) is 5. The third-order valence-electron chi connectivity index (χ3n) is 2.13. The van der Waals surface area contributed by atoms with Crippen molar-refractivity contribution in [3.63, 3.8) is 0 Å². The molecule has 1 amide bonds. The van der Waals surface area contributed by atoms with Crippen LogP contribution < -0.4 is 11.1 Å². The summed E-state index contributed by atoms with van der Waals surface area (Å²) in [7, 11) is 0. The van der Waals surface area contributed by atoms with Gasteiger partial charge in [-0.2, -0.15) is 11.8 Å². The fraction of sp³-hybridized carbons (Fsp3) is 0.545. The van der Waals surface area contributed by atoms with Gasteiger partial charge >= 0.3 is 11.9 Å². The quantitative estimate of drug-likeness (QED) is 0.320. The predicted octanol–water partition coefficient (Wildman–Crippen LogP) is -0.333. The van der Waals surface area contributed by atoms with Crippen LogP contribution in [0.3, 0.4) is 0 Å². The Morgan fingerprint density at radius 3 is 2.63 bits per heavy atom. The third-order valence-corrected chi connectivity index (χ3v) is 3.13. The molecule has 0 aliphatic heterocycles. The van der Waals surface area contributed by atoms with Crippen LogP contribution in [0.2, 0.25) is 0 Å². The topological polar surface area (TPSA) is 130 Å². The van der Waals surface area contributed by atoms with Crippen molar-refractivity contribution in [1.29, 1.82) is 0 Å². The molecule has 0 radical (unpaired) electrons. The van der Waals surface area contributed by atoms with Crippen molar-refractivity contribution in [3.8, 4) is 0 Å². The van der Waals surface area contributed by atoms with Gasteiger partial charge in [0.15, 0.2) is 0 Å². The van der Waals surface area contributed by atoms with Crippen molar-refractivity contribution in [2.45, 2.75) is 24.9 Å². The number of carbonyl (C=O) groups is 3. The molecule has 2 atom stereocenters. The summed E-state index contributed by atoms with van der Waals surface area (Å²) in [5.41, 5.74) is 5.24. The van der Waals surface area contributed by atoms with Crippen molar-refractivity contribution in [2.24, 2.45) is 5.73 Å². The van der Waals surface area contributed by atoms with Gasteiger partial charge in [-0.05, 0) is 6.42 Å². The molecular weight excluding hydrogens is 272 g/mol. The Morgan fingerprint density at radius 2 is 2.11 bits per heavy atom. The van der Waals surface area contributed by atoms with Gasteiger partial charge in [0.05, 0.1) is 1.37 Å². The summed E-state index contributed by atoms with van der Waals surface area (Å²) in [4.78, 5) is 32.9. The summed E-state index contributed by atoms with van der Waals surface area (Å²) in [5, 5.41) is 19.8. The number of aliphatic carboxylic acids is 2. The lowest BCUT2D eigenvalue weighted by atomic mass is 10.1. The van der Waals surface area contributed by atoms with Crippen LogP contribution in [-0.4, -0.2) is 51.6 Å². The van der Waals surface area contributed by atoms with Crippen LogP contribution >= 0.6 is 11.8 Å². The maximum Gasteiger partial charge on any atom is 0.327 e. The molecular formula is C11H18N2O5S. The first kappa shape index (κ1) is 15.5. The maximum absolute atomic E-state index is 11.5. The Labute approximate surface area is 116 Å². The molecule has 0 fully saturated rings. The predicted molar refractivity (Wildman–Crippen MR) is 71.9 cm³/mol. The molecule has 0 heterocycles. The van der Waals surface area contributed by atoms with Crippen molar-refractivity contribution >= 4 is 29.6 Å². The van der Waals surface area contributed by atoms with Crippen molar-refractivity contribution in [3.05, 3.63) is 12.6 Å². The average Bonchev–Trinajstić information content (AvgIpc) is 2.39. The smallest absolute Gasteiger partial charge is 0.327 e. The lowest BCUT2D eigenvalue weighted by Crippen LogP contribution is -2.43. The molecule has 0 spiro atoms. The molecule has 8 heteroatoms. The molecule has 7 nitrogen and oxygen atoms in total. The van der Waals surface area contributed by atoms with E-state index in [1.165, 1.54) is 11.8 Å². The van der Waals surface area contributed by atoms with Gasteiger partial charge in [-0.3, -0.25) is 9.59 Å². The summed E-state index contributed by atoms with van der Waals surface area (Å²) in [6, 6.07) is -2.19. The molecule has 0 aromatic rings. The van der Waals surface area contributed by atoms with Gasteiger partial charge in [-0.15, -0.1) is 6.55 Å². The van der Waals surface area contributed by atoms with E-state index in [2.05, 4.69) is 5.32 Å². The molecule has 5 N–H and O–H groups in total. The lowest BCUT2D eigenvalue weighted by molar-refractivity contribution is -0.141. The molecule has 0 aliphatic rings. The summed E-state index contributed by atoms with van der Waals surface area (Å²) >= 11 is 1.26. The first-order chi connectivity index (χ1) is 9.38. The average molecular weight is 291 g/mol. The van der Waals surface area contributed by atoms with Gasteiger partial charge in [-0.25, -0.2) is 4.79 Å². The van der Waals surface area contributed by atoms with E-state index in [9.17, 15) is 14.4 Å². The number of rotatable bonds is 10. The summed E-state index contributed by atoms with van der Waals surface area (Å²) in [6.07, 6.45) is 1.36. The highest BCUT2D eigenvalue weighted by Crippen LogP contribution is 2.04. The highest BCUT2D eigenvalue weighted by Gasteiger charge is 2.20. The monoisotopic (exact) mass is 291 g/mol. The van der Waals surface area contributed by atoms with Gasteiger partial charge < -0.3 is 21.3 Å². The Bertz CT molecular complexity index is 378. The van der Waals surface area contributed by atoms with Crippen LogP contribution in [0.1, 0.15) is 14.2 Å². The molecule has 0 aromatic heterocycles. The number of carboxylic acid groups (broad SMARTS) is 2. The van der Waals surface area contributed by atoms with Crippen molar-refractivity contribution in [1.82, 2.24) is 5.32 Å². The SMILES string of the molecule is [2H]C=CCSC[C@H](NC(=O)CC[C@H](N)C(=O)O)C(=O)O. The highest BCUT2D eigenvalue weighted by molar-refractivity contribution is 7.99. The number of nitrogens with one attached hydrogen (secondary N) is 1. The van der Waals surface area contributed by atoms with E-state index in [-0.39, 0.29) is 18.6 Å². The van der Waals surface area contributed by atoms with Gasteiger partial charge in [0.2, 0.25) is 5.91 Å². The van der Waals surface area contributed by atoms with E-state index in [0.717, 1.165) is 6.55 Å². The number of nitrogens with two attached hydrogens (primary N) is 1. The molecule has 19 heavy (non-hydrogen) atoms. The second kappa shape index (κ2) is 9.40. The minimum absolute atomic E-state index is 0.0533. The van der Waals surface area contributed by atoms with Gasteiger partial charge in [-0.1, -0.05) is 6.08 Å². The lowest BCUT2D eigenvalue weighted by Gasteiger charge is -2.14. The van der Waals surface area contributed by atoms with E-state index in [4.69, 9.17) is 17.3 Å². The summed E-state index contributed by atoms with van der Waals surface area (Å²) < 4.78 is 6.78. The number of thioether (sulfide) groups is 1. The second-order valence-electron chi connectivity index (χ2n) is 3.71. The minimum atomic E-state index is -1.20. The minimum Gasteiger partial charge on any atom is -0.480 e. The van der Waals surface area contributed by atoms with E-state index < -0.39 is 29.9 Å². The largest absolute Gasteiger partial charge is 0.480 e. The first-order valence-corrected chi connectivity index (χ1v) is 6.65. The molecule has 0 unspecified atom stereocenters. The fourth-order valence-corrected chi connectivity index (χ4v) is 1.84. The Morgan fingerprint density at radius 1 is 1.42 bits per heavy atom. The Kier molecular flexibility index (Phi) is 7.68. The number of amides is 1. The first-order valence-electron chi connectivity index (χ1n) is 6.08. The zero-order valence-corrected chi connectivity index (χ0v) is 11.1. The number of carboxylic acids is 2. The summed E-state index contributed by atoms with van der Waals surface area (Å²) in [5.74, 6) is -2.28. The van der Waals surface area contributed by atoms with Crippen molar-refractivity contribution in [2.75, 3.05) is 11.5 Å². The number of carbonyl (C=O) groups excluding carboxylic acids is 1. The van der Waals surface area contributed by atoms with Crippen LogP contribution in [0.25, 0.3) is 0 Å². The zero-order chi connectivity index (χ0) is 15.5. The van der Waals surface area contributed by atoms with Crippen LogP contribution in [-0.2, 0) is 14.4 Å². The van der Waals surface area contributed by atoms with Crippen LogP contribution in [0.5, 0.6) is 0 Å². The van der Waals surface area contributed by atoms with Gasteiger partial charge in [0.25, 0.3) is 0 Å². The zero-order valence-electron chi connectivity index (χ0n) is 11.2. The normalized spacial score (nSPS) is 14.7. The van der Waals surface area contributed by atoms with E-state index >= 15 is 0 Å². The van der Waals surface area contributed by atoms with E-state index in [1.54, 1.807) is 6.08 Å². The van der Waals surface area contributed by atoms with E-state index in [0.29, 0.717) is 5.75 Å². The fourth-order valence-electron chi connectivity index (χ4n) is 1.11. The van der Waals surface area contributed by atoms with Crippen LogP contribution in [0, 0.1) is 0 Å². The van der Waals surface area contributed by atoms with Crippen LogP contribution in [0.15, 0.2) is 12.6 Å². The highest BCUT2D eigenvalue weighted by atomic mass is 32.2.